The van der Waals surface area contributed by atoms with E-state index in [2.05, 4.69) is 5.16 Å². The van der Waals surface area contributed by atoms with E-state index in [1.807, 2.05) is 0 Å². The Bertz CT molecular complexity index is 467. The average molecular weight is 252 g/mol. The molecule has 1 aromatic carbocycles. The second-order valence-electron chi connectivity index (χ2n) is 3.37. The van der Waals surface area contributed by atoms with E-state index in [9.17, 15) is 14.9 Å². The number of nitro groups is 1. The summed E-state index contributed by atoms with van der Waals surface area (Å²) in [7, 11) is 0. The van der Waals surface area contributed by atoms with Crippen molar-refractivity contribution in [2.45, 2.75) is 13.3 Å². The molecular weight excluding hydrogens is 240 g/mol. The summed E-state index contributed by atoms with van der Waals surface area (Å²) in [5, 5.41) is 22.0. The number of hydrogen-bond acceptors (Lipinski definition) is 6. The zero-order valence-corrected chi connectivity index (χ0v) is 9.70. The van der Waals surface area contributed by atoms with Gasteiger partial charge in [0, 0.05) is 18.6 Å². The molecule has 0 radical (unpaired) electrons. The molecule has 0 fully saturated rings. The average Bonchev–Trinajstić information content (AvgIpc) is 2.36. The lowest BCUT2D eigenvalue weighted by Crippen LogP contribution is -2.20. The van der Waals surface area contributed by atoms with Gasteiger partial charge in [0.15, 0.2) is 5.71 Å². The molecule has 0 unspecified atom stereocenters. The smallest absolute Gasteiger partial charge is 0.356 e. The second kappa shape index (κ2) is 6.33. The molecule has 0 saturated carbocycles. The van der Waals surface area contributed by atoms with Crippen LogP contribution in [0.25, 0.3) is 0 Å². The van der Waals surface area contributed by atoms with E-state index in [0.717, 1.165) is 0 Å². The van der Waals surface area contributed by atoms with Crippen LogP contribution in [0, 0.1) is 10.1 Å². The van der Waals surface area contributed by atoms with Gasteiger partial charge in [-0.15, -0.1) is 0 Å². The van der Waals surface area contributed by atoms with Crippen molar-refractivity contribution in [1.82, 2.24) is 0 Å². The number of hydrogen-bond donors (Lipinski definition) is 1. The Morgan fingerprint density at radius 2 is 2.06 bits per heavy atom. The molecule has 0 saturated heterocycles. The number of rotatable bonds is 5. The summed E-state index contributed by atoms with van der Waals surface area (Å²) in [5.41, 5.74) is 0.421. The number of benzene rings is 1. The minimum atomic E-state index is -0.710. The summed E-state index contributed by atoms with van der Waals surface area (Å²) in [5.74, 6) is -0.710. The molecule has 96 valence electrons. The third-order valence-corrected chi connectivity index (χ3v) is 2.15. The lowest BCUT2D eigenvalue weighted by Gasteiger charge is -2.04. The lowest BCUT2D eigenvalue weighted by atomic mass is 10.1. The van der Waals surface area contributed by atoms with Gasteiger partial charge in [-0.2, -0.15) is 0 Å². The van der Waals surface area contributed by atoms with Gasteiger partial charge in [0.2, 0.25) is 0 Å². The van der Waals surface area contributed by atoms with Crippen LogP contribution in [0.2, 0.25) is 0 Å². The predicted octanol–water partition coefficient (Wildman–Crippen LogP) is 1.53. The van der Waals surface area contributed by atoms with Gasteiger partial charge >= 0.3 is 5.97 Å². The number of oxime groups is 1. The fraction of sp³-hybridized carbons (Fsp3) is 0.273. The highest BCUT2D eigenvalue weighted by molar-refractivity contribution is 6.36. The van der Waals surface area contributed by atoms with Crippen LogP contribution in [0.4, 0.5) is 5.69 Å². The summed E-state index contributed by atoms with van der Waals surface area (Å²) in [6.07, 6.45) is 0.0489. The van der Waals surface area contributed by atoms with Gasteiger partial charge in [-0.25, -0.2) is 4.79 Å². The van der Waals surface area contributed by atoms with Crippen molar-refractivity contribution in [2.24, 2.45) is 5.16 Å². The highest BCUT2D eigenvalue weighted by Crippen LogP contribution is 2.12. The molecule has 0 heterocycles. The molecule has 0 aliphatic carbocycles. The van der Waals surface area contributed by atoms with E-state index in [1.54, 1.807) is 6.92 Å². The molecule has 0 aliphatic heterocycles. The molecule has 1 N–H and O–H groups in total. The van der Waals surface area contributed by atoms with Crippen LogP contribution in [0.1, 0.15) is 12.5 Å². The minimum absolute atomic E-state index is 0.0441. The molecule has 0 atom stereocenters. The number of nitro benzene ring substituents is 1. The van der Waals surface area contributed by atoms with E-state index >= 15 is 0 Å². The van der Waals surface area contributed by atoms with Crippen LogP contribution in [0.3, 0.4) is 0 Å². The van der Waals surface area contributed by atoms with E-state index in [4.69, 9.17) is 9.94 Å². The van der Waals surface area contributed by atoms with E-state index in [0.29, 0.717) is 5.56 Å². The van der Waals surface area contributed by atoms with Gasteiger partial charge in [0.05, 0.1) is 11.5 Å². The van der Waals surface area contributed by atoms with Crippen LogP contribution in [-0.2, 0) is 16.0 Å². The molecule has 0 amide bonds. The maximum absolute atomic E-state index is 11.3. The molecule has 0 bridgehead atoms. The third kappa shape index (κ3) is 3.55. The first-order valence-corrected chi connectivity index (χ1v) is 5.19. The van der Waals surface area contributed by atoms with Crippen LogP contribution in [-0.4, -0.2) is 28.4 Å². The van der Waals surface area contributed by atoms with Crippen molar-refractivity contribution >= 4 is 17.4 Å². The van der Waals surface area contributed by atoms with Crippen molar-refractivity contribution in [3.63, 3.8) is 0 Å². The highest BCUT2D eigenvalue weighted by Gasteiger charge is 2.14. The van der Waals surface area contributed by atoms with Crippen molar-refractivity contribution in [2.75, 3.05) is 6.61 Å². The first kappa shape index (κ1) is 13.6. The molecule has 1 aromatic rings. The van der Waals surface area contributed by atoms with Crippen molar-refractivity contribution < 1.29 is 19.7 Å². The summed E-state index contributed by atoms with van der Waals surface area (Å²) in [4.78, 5) is 21.3. The van der Waals surface area contributed by atoms with Crippen molar-refractivity contribution in [3.8, 4) is 0 Å². The number of ether oxygens (including phenoxy) is 1. The van der Waals surface area contributed by atoms with Gasteiger partial charge in [0.1, 0.15) is 0 Å². The quantitative estimate of drug-likeness (QED) is 0.281. The Morgan fingerprint density at radius 1 is 1.44 bits per heavy atom. The zero-order valence-electron chi connectivity index (χ0n) is 9.70. The summed E-state index contributed by atoms with van der Waals surface area (Å²) in [6, 6.07) is 5.61. The molecule has 7 nitrogen and oxygen atoms in total. The number of carbonyl (C=O) groups is 1. The van der Waals surface area contributed by atoms with E-state index in [1.165, 1.54) is 24.3 Å². The van der Waals surface area contributed by atoms with E-state index < -0.39 is 10.9 Å². The number of non-ortho nitro benzene ring substituents is 1. The third-order valence-electron chi connectivity index (χ3n) is 2.15. The Balaban J connectivity index is 2.77. The summed E-state index contributed by atoms with van der Waals surface area (Å²) < 4.78 is 4.69. The van der Waals surface area contributed by atoms with E-state index in [-0.39, 0.29) is 24.4 Å². The lowest BCUT2D eigenvalue weighted by molar-refractivity contribution is -0.384. The van der Waals surface area contributed by atoms with Crippen LogP contribution in [0.15, 0.2) is 29.4 Å². The Kier molecular flexibility index (Phi) is 4.79. The second-order valence-corrected chi connectivity index (χ2v) is 3.37. The van der Waals surface area contributed by atoms with Gasteiger partial charge < -0.3 is 9.94 Å². The first-order chi connectivity index (χ1) is 8.58. The number of esters is 1. The predicted molar refractivity (Wildman–Crippen MR) is 62.7 cm³/mol. The van der Waals surface area contributed by atoms with Crippen LogP contribution < -0.4 is 0 Å². The number of nitrogens with zero attached hydrogens (tertiary/aromatic N) is 2. The van der Waals surface area contributed by atoms with Crippen LogP contribution in [0.5, 0.6) is 0 Å². The molecule has 1 rings (SSSR count). The standard InChI is InChI=1S/C11H12N2O5/c1-2-18-11(14)10(12-15)7-8-3-5-9(6-4-8)13(16)17/h3-6,15H,2,7H2,1H3. The Labute approximate surface area is 103 Å². The maximum Gasteiger partial charge on any atom is 0.356 e. The fourth-order valence-corrected chi connectivity index (χ4v) is 1.29. The Morgan fingerprint density at radius 3 is 2.50 bits per heavy atom. The highest BCUT2D eigenvalue weighted by atomic mass is 16.6. The summed E-state index contributed by atoms with van der Waals surface area (Å²) >= 11 is 0. The minimum Gasteiger partial charge on any atom is -0.461 e. The molecule has 0 aliphatic rings. The van der Waals surface area contributed by atoms with Gasteiger partial charge in [-0.05, 0) is 12.5 Å². The van der Waals surface area contributed by atoms with Gasteiger partial charge in [-0.1, -0.05) is 17.3 Å². The zero-order chi connectivity index (χ0) is 13.5. The molecule has 7 heteroatoms. The SMILES string of the molecule is CCOC(=O)C(Cc1ccc([N+](=O)[O-])cc1)=NO. The van der Waals surface area contributed by atoms with Crippen molar-refractivity contribution in [3.05, 3.63) is 39.9 Å². The maximum atomic E-state index is 11.3. The normalized spacial score (nSPS) is 11.1. The number of carbonyl (C=O) groups excluding carboxylic acids is 1. The first-order valence-electron chi connectivity index (χ1n) is 5.19. The van der Waals surface area contributed by atoms with Crippen molar-refractivity contribution in [1.29, 1.82) is 0 Å². The molecule has 0 spiro atoms. The molecule has 0 aromatic heterocycles. The molecule has 18 heavy (non-hydrogen) atoms. The van der Waals surface area contributed by atoms with Gasteiger partial charge in [0.25, 0.3) is 5.69 Å². The van der Waals surface area contributed by atoms with Gasteiger partial charge in [-0.3, -0.25) is 10.1 Å². The Hall–Kier alpha value is -2.44. The fourth-order valence-electron chi connectivity index (χ4n) is 1.29. The molecular formula is C11H12N2O5. The van der Waals surface area contributed by atoms with Crippen LogP contribution >= 0.6 is 0 Å². The monoisotopic (exact) mass is 252 g/mol. The summed E-state index contributed by atoms with van der Waals surface area (Å²) in [6.45, 7) is 1.82. The largest absolute Gasteiger partial charge is 0.461 e. The topological polar surface area (TPSA) is 102 Å².